The van der Waals surface area contributed by atoms with Gasteiger partial charge in [-0.3, -0.25) is 14.3 Å². The molecule has 1 fully saturated rings. The molecule has 2 aromatic rings. The minimum atomic E-state index is -0.405. The molecule has 3 heterocycles. The summed E-state index contributed by atoms with van der Waals surface area (Å²) in [7, 11) is 2.00. The smallest absolute Gasteiger partial charge is 0.0862 e. The van der Waals surface area contributed by atoms with Gasteiger partial charge < -0.3 is 5.11 Å². The molecule has 1 N–H and O–H groups in total. The fraction of sp³-hybridized carbons (Fsp3) is 0.625. The summed E-state index contributed by atoms with van der Waals surface area (Å²) in [6.45, 7) is 6.47. The van der Waals surface area contributed by atoms with E-state index in [-0.39, 0.29) is 0 Å². The molecule has 1 saturated heterocycles. The molecule has 0 spiro atoms. The number of rotatable bonds is 5. The highest BCUT2D eigenvalue weighted by atomic mass is 16.3. The maximum atomic E-state index is 10.4. The summed E-state index contributed by atoms with van der Waals surface area (Å²) < 4.78 is 3.75. The minimum Gasteiger partial charge on any atom is -0.390 e. The molecule has 1 aliphatic rings. The predicted molar refractivity (Wildman–Crippen MR) is 84.5 cm³/mol. The van der Waals surface area contributed by atoms with Crippen LogP contribution in [-0.2, 0) is 13.6 Å². The van der Waals surface area contributed by atoms with Crippen LogP contribution in [0.4, 0.5) is 0 Å². The van der Waals surface area contributed by atoms with Gasteiger partial charge in [-0.2, -0.15) is 10.2 Å². The molecule has 0 bridgehead atoms. The normalized spacial score (nSPS) is 20.6. The molecule has 0 radical (unpaired) electrons. The van der Waals surface area contributed by atoms with Crippen molar-refractivity contribution in [2.24, 2.45) is 7.05 Å². The Bertz CT molecular complexity index is 619. The molecular formula is C16H25N5O. The Kier molecular flexibility index (Phi) is 4.31. The second-order valence-corrected chi connectivity index (χ2v) is 6.24. The van der Waals surface area contributed by atoms with Crippen LogP contribution in [-0.4, -0.2) is 48.8 Å². The van der Waals surface area contributed by atoms with Crippen LogP contribution in [0.15, 0.2) is 18.5 Å². The predicted octanol–water partition coefficient (Wildman–Crippen LogP) is 1.43. The first kappa shape index (κ1) is 15.2. The van der Waals surface area contributed by atoms with Crippen molar-refractivity contribution in [1.82, 2.24) is 24.5 Å². The van der Waals surface area contributed by atoms with Crippen LogP contribution in [0.3, 0.4) is 0 Å². The van der Waals surface area contributed by atoms with E-state index in [0.29, 0.717) is 19.1 Å². The van der Waals surface area contributed by atoms with E-state index in [2.05, 4.69) is 28.9 Å². The van der Waals surface area contributed by atoms with Crippen molar-refractivity contribution in [1.29, 1.82) is 0 Å². The molecule has 3 rings (SSSR count). The molecule has 0 amide bonds. The van der Waals surface area contributed by atoms with Gasteiger partial charge in [0.2, 0.25) is 0 Å². The topological polar surface area (TPSA) is 59.1 Å². The Balaban J connectivity index is 1.70. The Morgan fingerprint density at radius 1 is 1.36 bits per heavy atom. The lowest BCUT2D eigenvalue weighted by atomic mass is 10.0. The number of hydrogen-bond acceptors (Lipinski definition) is 4. The molecule has 0 aromatic carbocycles. The average molecular weight is 303 g/mol. The van der Waals surface area contributed by atoms with Crippen LogP contribution in [0.5, 0.6) is 0 Å². The van der Waals surface area contributed by atoms with Crippen LogP contribution in [0.2, 0.25) is 0 Å². The van der Waals surface area contributed by atoms with E-state index in [0.717, 1.165) is 18.7 Å². The average Bonchev–Trinajstić information content (AvgIpc) is 3.15. The monoisotopic (exact) mass is 303 g/mol. The van der Waals surface area contributed by atoms with Crippen molar-refractivity contribution < 1.29 is 5.11 Å². The standard InChI is InChI=1S/C16H25N5O/c1-12-16(13(2)19(3)18-12)15-6-4-8-20(15)10-14(22)11-21-9-5-7-17-21/h5,7,9,14-15,22H,4,6,8,10-11H2,1-3H3/t14-,15-/m0/s1. The Morgan fingerprint density at radius 3 is 2.82 bits per heavy atom. The van der Waals surface area contributed by atoms with Crippen molar-refractivity contribution >= 4 is 0 Å². The highest BCUT2D eigenvalue weighted by Crippen LogP contribution is 2.35. The third-order valence-electron chi connectivity index (χ3n) is 4.66. The number of hydrogen-bond donors (Lipinski definition) is 1. The van der Waals surface area contributed by atoms with Crippen LogP contribution in [0, 0.1) is 13.8 Å². The summed E-state index contributed by atoms with van der Waals surface area (Å²) in [5.74, 6) is 0. The minimum absolute atomic E-state index is 0.376. The first-order valence-electron chi connectivity index (χ1n) is 7.96. The van der Waals surface area contributed by atoms with Crippen molar-refractivity contribution in [3.63, 3.8) is 0 Å². The van der Waals surface area contributed by atoms with Crippen molar-refractivity contribution in [3.8, 4) is 0 Å². The van der Waals surface area contributed by atoms with Gasteiger partial charge in [-0.05, 0) is 39.3 Å². The molecule has 0 unspecified atom stereocenters. The van der Waals surface area contributed by atoms with Crippen molar-refractivity contribution in [2.45, 2.75) is 45.4 Å². The van der Waals surface area contributed by atoms with E-state index < -0.39 is 6.10 Å². The van der Waals surface area contributed by atoms with E-state index in [9.17, 15) is 5.11 Å². The Hall–Kier alpha value is -1.66. The largest absolute Gasteiger partial charge is 0.390 e. The van der Waals surface area contributed by atoms with Crippen LogP contribution < -0.4 is 0 Å². The number of aliphatic hydroxyl groups excluding tert-OH is 1. The van der Waals surface area contributed by atoms with E-state index in [1.165, 1.54) is 17.7 Å². The zero-order chi connectivity index (χ0) is 15.7. The third-order valence-corrected chi connectivity index (χ3v) is 4.66. The molecule has 1 aliphatic heterocycles. The van der Waals surface area contributed by atoms with Gasteiger partial charge in [-0.15, -0.1) is 0 Å². The first-order chi connectivity index (χ1) is 10.6. The number of aryl methyl sites for hydroxylation is 2. The highest BCUT2D eigenvalue weighted by Gasteiger charge is 2.31. The molecule has 22 heavy (non-hydrogen) atoms. The first-order valence-corrected chi connectivity index (χ1v) is 7.96. The number of β-amino-alcohol motifs (C(OH)–C–C–N with tert-alkyl or cyclic N) is 1. The van der Waals surface area contributed by atoms with Crippen LogP contribution in [0.25, 0.3) is 0 Å². The molecule has 2 aromatic heterocycles. The van der Waals surface area contributed by atoms with Gasteiger partial charge in [-0.25, -0.2) is 0 Å². The van der Waals surface area contributed by atoms with Crippen LogP contribution in [0.1, 0.15) is 35.8 Å². The molecule has 120 valence electrons. The second-order valence-electron chi connectivity index (χ2n) is 6.24. The lowest BCUT2D eigenvalue weighted by molar-refractivity contribution is 0.0888. The zero-order valence-electron chi connectivity index (χ0n) is 13.6. The van der Waals surface area contributed by atoms with E-state index in [1.807, 2.05) is 24.0 Å². The fourth-order valence-corrected chi connectivity index (χ4v) is 3.60. The van der Waals surface area contributed by atoms with Gasteiger partial charge in [0, 0.05) is 43.3 Å². The number of aromatic nitrogens is 4. The lowest BCUT2D eigenvalue weighted by Crippen LogP contribution is -2.34. The van der Waals surface area contributed by atoms with Gasteiger partial charge in [0.1, 0.15) is 0 Å². The van der Waals surface area contributed by atoms with Crippen molar-refractivity contribution in [2.75, 3.05) is 13.1 Å². The Labute approximate surface area is 131 Å². The summed E-state index contributed by atoms with van der Waals surface area (Å²) in [6, 6.07) is 2.26. The number of aliphatic hydroxyl groups is 1. The molecule has 2 atom stereocenters. The lowest BCUT2D eigenvalue weighted by Gasteiger charge is -2.27. The van der Waals surface area contributed by atoms with E-state index in [4.69, 9.17) is 0 Å². The SMILES string of the molecule is Cc1nn(C)c(C)c1[C@@H]1CCCN1C[C@H](O)Cn1cccn1. The summed E-state index contributed by atoms with van der Waals surface area (Å²) in [6.07, 6.45) is 5.54. The van der Waals surface area contributed by atoms with Gasteiger partial charge in [0.15, 0.2) is 0 Å². The van der Waals surface area contributed by atoms with E-state index in [1.54, 1.807) is 10.9 Å². The maximum Gasteiger partial charge on any atom is 0.0862 e. The van der Waals surface area contributed by atoms with Gasteiger partial charge >= 0.3 is 0 Å². The van der Waals surface area contributed by atoms with Crippen LogP contribution >= 0.6 is 0 Å². The second kappa shape index (κ2) is 6.22. The fourth-order valence-electron chi connectivity index (χ4n) is 3.60. The molecular weight excluding hydrogens is 278 g/mol. The summed E-state index contributed by atoms with van der Waals surface area (Å²) in [5, 5.41) is 19.1. The van der Waals surface area contributed by atoms with Gasteiger partial charge in [0.25, 0.3) is 0 Å². The molecule has 6 heteroatoms. The molecule has 0 saturated carbocycles. The summed E-state index contributed by atoms with van der Waals surface area (Å²) in [4.78, 5) is 2.39. The number of likely N-dealkylation sites (tertiary alicyclic amines) is 1. The van der Waals surface area contributed by atoms with Crippen molar-refractivity contribution in [3.05, 3.63) is 35.4 Å². The number of nitrogens with zero attached hydrogens (tertiary/aromatic N) is 5. The zero-order valence-corrected chi connectivity index (χ0v) is 13.6. The molecule has 6 nitrogen and oxygen atoms in total. The Morgan fingerprint density at radius 2 is 2.18 bits per heavy atom. The van der Waals surface area contributed by atoms with E-state index >= 15 is 0 Å². The maximum absolute atomic E-state index is 10.4. The van der Waals surface area contributed by atoms with Gasteiger partial charge in [0.05, 0.1) is 18.3 Å². The highest BCUT2D eigenvalue weighted by molar-refractivity contribution is 5.29. The quantitative estimate of drug-likeness (QED) is 0.908. The third kappa shape index (κ3) is 2.94. The summed E-state index contributed by atoms with van der Waals surface area (Å²) in [5.41, 5.74) is 3.68. The molecule has 0 aliphatic carbocycles. The van der Waals surface area contributed by atoms with Gasteiger partial charge in [-0.1, -0.05) is 0 Å². The summed E-state index contributed by atoms with van der Waals surface area (Å²) >= 11 is 0.